The zero-order chi connectivity index (χ0) is 23.8. The van der Waals surface area contributed by atoms with Crippen molar-refractivity contribution in [1.29, 1.82) is 0 Å². The van der Waals surface area contributed by atoms with E-state index in [2.05, 4.69) is 22.6 Å². The fourth-order valence-electron chi connectivity index (χ4n) is 4.11. The summed E-state index contributed by atoms with van der Waals surface area (Å²) in [6.07, 6.45) is 6.76. The quantitative estimate of drug-likeness (QED) is 0.453. The number of H-pyrrole nitrogens is 1. The SMILES string of the molecule is Cc1cc(C(=O)N(C)C)ccc1Nc1nc(O[C@H]2CCOC2)c2c(-c3ccn(C)c3)c[nH]c2n1. The van der Waals surface area contributed by atoms with Gasteiger partial charge in [0.25, 0.3) is 5.91 Å². The highest BCUT2D eigenvalue weighted by atomic mass is 16.5. The van der Waals surface area contributed by atoms with Crippen molar-refractivity contribution < 1.29 is 14.3 Å². The highest BCUT2D eigenvalue weighted by Crippen LogP contribution is 2.36. The third-order valence-electron chi connectivity index (χ3n) is 5.93. The van der Waals surface area contributed by atoms with Gasteiger partial charge in [0.05, 0.1) is 18.6 Å². The number of rotatable bonds is 6. The average Bonchev–Trinajstić information content (AvgIpc) is 3.55. The molecule has 4 aromatic rings. The topological polar surface area (TPSA) is 97.3 Å². The number of aromatic amines is 1. The van der Waals surface area contributed by atoms with Crippen molar-refractivity contribution in [1.82, 2.24) is 24.4 Å². The molecular weight excluding hydrogens is 432 g/mol. The summed E-state index contributed by atoms with van der Waals surface area (Å²) in [5.74, 6) is 0.888. The van der Waals surface area contributed by atoms with Crippen LogP contribution < -0.4 is 10.1 Å². The van der Waals surface area contributed by atoms with Crippen molar-refractivity contribution in [2.45, 2.75) is 19.4 Å². The van der Waals surface area contributed by atoms with Crippen molar-refractivity contribution in [3.63, 3.8) is 0 Å². The first-order valence-electron chi connectivity index (χ1n) is 11.2. The Balaban J connectivity index is 1.53. The number of nitrogens with one attached hydrogen (secondary N) is 2. The maximum atomic E-state index is 12.3. The lowest BCUT2D eigenvalue weighted by Crippen LogP contribution is -2.21. The van der Waals surface area contributed by atoms with Gasteiger partial charge in [-0.05, 0) is 36.8 Å². The fourth-order valence-corrected chi connectivity index (χ4v) is 4.11. The molecule has 2 N–H and O–H groups in total. The van der Waals surface area contributed by atoms with Crippen molar-refractivity contribution in [2.24, 2.45) is 7.05 Å². The van der Waals surface area contributed by atoms with Gasteiger partial charge in [-0.3, -0.25) is 4.79 Å². The Morgan fingerprint density at radius 2 is 2.15 bits per heavy atom. The van der Waals surface area contributed by atoms with E-state index in [1.54, 1.807) is 25.1 Å². The smallest absolute Gasteiger partial charge is 0.253 e. The summed E-state index contributed by atoms with van der Waals surface area (Å²) in [7, 11) is 5.47. The Kier molecular flexibility index (Phi) is 5.70. The van der Waals surface area contributed by atoms with Gasteiger partial charge in [0.1, 0.15) is 11.8 Å². The summed E-state index contributed by atoms with van der Waals surface area (Å²) in [5.41, 5.74) is 5.09. The number of hydrogen-bond donors (Lipinski definition) is 2. The molecule has 1 aliphatic heterocycles. The minimum absolute atomic E-state index is 0.0402. The van der Waals surface area contributed by atoms with Crippen LogP contribution in [0.2, 0.25) is 0 Å². The lowest BCUT2D eigenvalue weighted by Gasteiger charge is -2.15. The molecule has 5 rings (SSSR count). The molecule has 1 saturated heterocycles. The second-order valence-electron chi connectivity index (χ2n) is 8.80. The number of carbonyl (C=O) groups excluding carboxylic acids is 1. The number of amides is 1. The van der Waals surface area contributed by atoms with Crippen LogP contribution in [0.1, 0.15) is 22.3 Å². The van der Waals surface area contributed by atoms with E-state index in [0.29, 0.717) is 36.3 Å². The van der Waals surface area contributed by atoms with Gasteiger partial charge < -0.3 is 29.2 Å². The van der Waals surface area contributed by atoms with Gasteiger partial charge >= 0.3 is 0 Å². The molecule has 1 aliphatic rings. The van der Waals surface area contributed by atoms with Crippen molar-refractivity contribution >= 4 is 28.6 Å². The summed E-state index contributed by atoms with van der Waals surface area (Å²) >= 11 is 0. The van der Waals surface area contributed by atoms with Crippen LogP contribution in [0.4, 0.5) is 11.6 Å². The number of aryl methyl sites for hydroxylation is 2. The molecule has 3 aromatic heterocycles. The largest absolute Gasteiger partial charge is 0.471 e. The van der Waals surface area contributed by atoms with Gasteiger partial charge in [-0.15, -0.1) is 0 Å². The number of fused-ring (bicyclic) bond motifs is 1. The van der Waals surface area contributed by atoms with Gasteiger partial charge in [-0.2, -0.15) is 9.97 Å². The molecular formula is C25H28N6O3. The number of aromatic nitrogens is 4. The first-order chi connectivity index (χ1) is 16.4. The summed E-state index contributed by atoms with van der Waals surface area (Å²) in [4.78, 5) is 26.6. The van der Waals surface area contributed by atoms with Gasteiger partial charge in [0, 0.05) is 68.5 Å². The van der Waals surface area contributed by atoms with E-state index >= 15 is 0 Å². The van der Waals surface area contributed by atoms with Crippen LogP contribution >= 0.6 is 0 Å². The summed E-state index contributed by atoms with van der Waals surface area (Å²) < 4.78 is 13.8. The van der Waals surface area contributed by atoms with Crippen molar-refractivity contribution in [2.75, 3.05) is 32.6 Å². The second-order valence-corrected chi connectivity index (χ2v) is 8.80. The predicted octanol–water partition coefficient (Wildman–Crippen LogP) is 3.88. The maximum absolute atomic E-state index is 12.3. The molecule has 0 radical (unpaired) electrons. The number of anilines is 2. The number of carbonyl (C=O) groups is 1. The molecule has 1 atom stereocenters. The molecule has 0 unspecified atom stereocenters. The highest BCUT2D eigenvalue weighted by Gasteiger charge is 2.23. The molecule has 9 heteroatoms. The van der Waals surface area contributed by atoms with E-state index in [1.165, 1.54) is 0 Å². The predicted molar refractivity (Wildman–Crippen MR) is 131 cm³/mol. The maximum Gasteiger partial charge on any atom is 0.253 e. The minimum atomic E-state index is -0.0532. The minimum Gasteiger partial charge on any atom is -0.471 e. The van der Waals surface area contributed by atoms with E-state index in [1.807, 2.05) is 43.1 Å². The van der Waals surface area contributed by atoms with Crippen LogP contribution in [-0.2, 0) is 11.8 Å². The van der Waals surface area contributed by atoms with E-state index in [-0.39, 0.29) is 12.0 Å². The molecule has 176 valence electrons. The van der Waals surface area contributed by atoms with E-state index < -0.39 is 0 Å². The highest BCUT2D eigenvalue weighted by molar-refractivity contribution is 5.98. The molecule has 0 aliphatic carbocycles. The van der Waals surface area contributed by atoms with Gasteiger partial charge in [0.2, 0.25) is 11.8 Å². The number of hydrogen-bond acceptors (Lipinski definition) is 6. The Morgan fingerprint density at radius 3 is 2.82 bits per heavy atom. The lowest BCUT2D eigenvalue weighted by molar-refractivity contribution is 0.0827. The molecule has 0 bridgehead atoms. The normalized spacial score (nSPS) is 15.6. The Bertz CT molecular complexity index is 1350. The Morgan fingerprint density at radius 1 is 1.29 bits per heavy atom. The van der Waals surface area contributed by atoms with E-state index in [9.17, 15) is 4.79 Å². The standard InChI is InChI=1S/C25H28N6O3/c1-15-11-16(24(32)30(2)3)5-6-20(15)27-25-28-22-21(23(29-25)34-18-8-10-33-14-18)19(12-26-22)17-7-9-31(4)13-17/h5-7,9,11-13,18H,8,10,14H2,1-4H3,(H2,26,27,28,29)/t18-/m0/s1. The molecule has 1 fully saturated rings. The molecule has 34 heavy (non-hydrogen) atoms. The van der Waals surface area contributed by atoms with Crippen molar-refractivity contribution in [3.05, 3.63) is 54.0 Å². The lowest BCUT2D eigenvalue weighted by atomic mass is 10.1. The first-order valence-corrected chi connectivity index (χ1v) is 11.2. The Hall–Kier alpha value is -3.85. The first kappa shape index (κ1) is 22.0. The van der Waals surface area contributed by atoms with Crippen LogP contribution in [0.25, 0.3) is 22.2 Å². The zero-order valence-corrected chi connectivity index (χ0v) is 19.8. The molecule has 0 saturated carbocycles. The van der Waals surface area contributed by atoms with E-state index in [0.717, 1.165) is 34.2 Å². The number of ether oxygens (including phenoxy) is 2. The molecule has 1 aromatic carbocycles. The molecule has 9 nitrogen and oxygen atoms in total. The summed E-state index contributed by atoms with van der Waals surface area (Å²) in [5, 5.41) is 4.14. The molecule has 1 amide bonds. The van der Waals surface area contributed by atoms with Gasteiger partial charge in [-0.25, -0.2) is 0 Å². The zero-order valence-electron chi connectivity index (χ0n) is 19.8. The third kappa shape index (κ3) is 4.22. The monoisotopic (exact) mass is 460 g/mol. The molecule has 0 spiro atoms. The van der Waals surface area contributed by atoms with Crippen molar-refractivity contribution in [3.8, 4) is 17.0 Å². The molecule has 4 heterocycles. The number of nitrogens with zero attached hydrogens (tertiary/aromatic N) is 4. The van der Waals surface area contributed by atoms with Crippen LogP contribution in [0.15, 0.2) is 42.9 Å². The van der Waals surface area contributed by atoms with Crippen LogP contribution in [-0.4, -0.2) is 63.7 Å². The van der Waals surface area contributed by atoms with Gasteiger partial charge in [0.15, 0.2) is 0 Å². The fraction of sp³-hybridized carbons (Fsp3) is 0.320. The van der Waals surface area contributed by atoms with Crippen LogP contribution in [0.5, 0.6) is 5.88 Å². The van der Waals surface area contributed by atoms with Crippen LogP contribution in [0.3, 0.4) is 0 Å². The summed E-state index contributed by atoms with van der Waals surface area (Å²) in [6, 6.07) is 7.58. The average molecular weight is 461 g/mol. The third-order valence-corrected chi connectivity index (χ3v) is 5.93. The number of benzene rings is 1. The van der Waals surface area contributed by atoms with Crippen LogP contribution in [0, 0.1) is 6.92 Å². The van der Waals surface area contributed by atoms with E-state index in [4.69, 9.17) is 19.4 Å². The Labute approximate surface area is 197 Å². The summed E-state index contributed by atoms with van der Waals surface area (Å²) in [6.45, 7) is 3.17. The van der Waals surface area contributed by atoms with Gasteiger partial charge in [-0.1, -0.05) is 0 Å². The second kappa shape index (κ2) is 8.83.